The number of hydrogen-bond acceptors (Lipinski definition) is 3. The van der Waals surface area contributed by atoms with Crippen LogP contribution < -0.4 is 0 Å². The second kappa shape index (κ2) is 5.57. The molecule has 1 fully saturated rings. The SMILES string of the molecule is O=[P](OF)OCC1CCCCC1. The highest BCUT2D eigenvalue weighted by atomic mass is 31.1. The fourth-order valence-electron chi connectivity index (χ4n) is 1.54. The summed E-state index contributed by atoms with van der Waals surface area (Å²) in [6.07, 6.45) is 5.84. The normalized spacial score (nSPS) is 20.9. The van der Waals surface area contributed by atoms with Crippen LogP contribution in [0.15, 0.2) is 0 Å². The fourth-order valence-corrected chi connectivity index (χ4v) is 1.91. The van der Waals surface area contributed by atoms with Crippen LogP contribution in [0.5, 0.6) is 0 Å². The zero-order valence-corrected chi connectivity index (χ0v) is 7.76. The number of rotatable bonds is 4. The van der Waals surface area contributed by atoms with Gasteiger partial charge < -0.3 is 0 Å². The smallest absolute Gasteiger partial charge is 0.281 e. The molecule has 12 heavy (non-hydrogen) atoms. The van der Waals surface area contributed by atoms with Crippen LogP contribution in [0.1, 0.15) is 32.1 Å². The van der Waals surface area contributed by atoms with Crippen molar-refractivity contribution in [3.05, 3.63) is 0 Å². The molecule has 1 aliphatic rings. The highest BCUT2D eigenvalue weighted by molar-refractivity contribution is 7.33. The van der Waals surface area contributed by atoms with Crippen LogP contribution in [-0.4, -0.2) is 6.61 Å². The van der Waals surface area contributed by atoms with Gasteiger partial charge in [-0.2, -0.15) is 0 Å². The molecule has 0 aliphatic heterocycles. The summed E-state index contributed by atoms with van der Waals surface area (Å²) in [5, 5.41) is 0. The average molecular weight is 195 g/mol. The summed E-state index contributed by atoms with van der Waals surface area (Å²) in [5.74, 6) is 0.438. The molecular weight excluding hydrogens is 182 g/mol. The van der Waals surface area contributed by atoms with E-state index in [0.29, 0.717) is 12.5 Å². The highest BCUT2D eigenvalue weighted by Gasteiger charge is 2.15. The van der Waals surface area contributed by atoms with Crippen molar-refractivity contribution in [3.8, 4) is 0 Å². The van der Waals surface area contributed by atoms with E-state index in [1.165, 1.54) is 19.3 Å². The Bertz CT molecular complexity index is 148. The van der Waals surface area contributed by atoms with Gasteiger partial charge >= 0.3 is 8.25 Å². The molecule has 71 valence electrons. The van der Waals surface area contributed by atoms with E-state index in [4.69, 9.17) is 0 Å². The third-order valence-corrected chi connectivity index (χ3v) is 2.67. The molecule has 0 aromatic carbocycles. The van der Waals surface area contributed by atoms with E-state index in [-0.39, 0.29) is 0 Å². The van der Waals surface area contributed by atoms with Crippen molar-refractivity contribution in [3.63, 3.8) is 0 Å². The van der Waals surface area contributed by atoms with E-state index >= 15 is 0 Å². The van der Waals surface area contributed by atoms with Crippen LogP contribution in [0.25, 0.3) is 0 Å². The lowest BCUT2D eigenvalue weighted by atomic mass is 9.90. The van der Waals surface area contributed by atoms with Gasteiger partial charge in [0.05, 0.1) is 6.61 Å². The first-order chi connectivity index (χ1) is 5.83. The summed E-state index contributed by atoms with van der Waals surface area (Å²) >= 11 is 0. The molecule has 0 amide bonds. The van der Waals surface area contributed by atoms with E-state index in [1.54, 1.807) is 0 Å². The predicted molar refractivity (Wildman–Crippen MR) is 42.3 cm³/mol. The quantitative estimate of drug-likeness (QED) is 0.646. The topological polar surface area (TPSA) is 35.5 Å². The fraction of sp³-hybridized carbons (Fsp3) is 1.00. The summed E-state index contributed by atoms with van der Waals surface area (Å²) in [6, 6.07) is 0. The maximum Gasteiger partial charge on any atom is 0.402 e. The van der Waals surface area contributed by atoms with Gasteiger partial charge in [-0.3, -0.25) is 4.52 Å². The monoisotopic (exact) mass is 195 g/mol. The molecular formula is C7H13FO3P. The maximum absolute atomic E-state index is 11.2. The third kappa shape index (κ3) is 3.57. The molecule has 1 rings (SSSR count). The van der Waals surface area contributed by atoms with Crippen LogP contribution in [0.4, 0.5) is 4.53 Å². The van der Waals surface area contributed by atoms with Crippen LogP contribution in [0.2, 0.25) is 0 Å². The van der Waals surface area contributed by atoms with Crippen molar-refractivity contribution in [2.75, 3.05) is 6.61 Å². The summed E-state index contributed by atoms with van der Waals surface area (Å²) in [5.41, 5.74) is 0. The molecule has 1 unspecified atom stereocenters. The molecule has 0 aromatic rings. The maximum atomic E-state index is 11.2. The van der Waals surface area contributed by atoms with E-state index in [2.05, 4.69) is 9.25 Å². The zero-order chi connectivity index (χ0) is 8.81. The van der Waals surface area contributed by atoms with Crippen LogP contribution >= 0.6 is 8.25 Å². The van der Waals surface area contributed by atoms with Crippen LogP contribution in [0, 0.1) is 5.92 Å². The van der Waals surface area contributed by atoms with Crippen molar-refractivity contribution >= 4 is 8.25 Å². The Morgan fingerprint density at radius 2 is 2.00 bits per heavy atom. The number of halogens is 1. The highest BCUT2D eigenvalue weighted by Crippen LogP contribution is 2.29. The Balaban J connectivity index is 2.09. The second-order valence-electron chi connectivity index (χ2n) is 3.09. The molecule has 1 aliphatic carbocycles. The minimum atomic E-state index is -2.52. The lowest BCUT2D eigenvalue weighted by molar-refractivity contribution is -0.0186. The van der Waals surface area contributed by atoms with Crippen molar-refractivity contribution < 1.29 is 18.3 Å². The predicted octanol–water partition coefficient (Wildman–Crippen LogP) is 3.14. The van der Waals surface area contributed by atoms with Crippen LogP contribution in [0.3, 0.4) is 0 Å². The summed E-state index contributed by atoms with van der Waals surface area (Å²) in [7, 11) is -2.52. The van der Waals surface area contributed by atoms with Gasteiger partial charge in [-0.1, -0.05) is 24.0 Å². The molecule has 0 aromatic heterocycles. The van der Waals surface area contributed by atoms with Gasteiger partial charge in [0, 0.05) is 0 Å². The molecule has 0 saturated heterocycles. The lowest BCUT2D eigenvalue weighted by Gasteiger charge is -2.19. The Morgan fingerprint density at radius 3 is 2.58 bits per heavy atom. The minimum Gasteiger partial charge on any atom is -0.281 e. The van der Waals surface area contributed by atoms with Gasteiger partial charge in [0.2, 0.25) is 0 Å². The summed E-state index contributed by atoms with van der Waals surface area (Å²) in [6.45, 7) is 0.360. The van der Waals surface area contributed by atoms with Crippen molar-refractivity contribution in [2.24, 2.45) is 5.92 Å². The van der Waals surface area contributed by atoms with Crippen molar-refractivity contribution in [2.45, 2.75) is 32.1 Å². The van der Waals surface area contributed by atoms with E-state index in [0.717, 1.165) is 12.8 Å². The second-order valence-corrected chi connectivity index (χ2v) is 3.94. The largest absolute Gasteiger partial charge is 0.402 e. The zero-order valence-electron chi connectivity index (χ0n) is 6.87. The molecule has 0 bridgehead atoms. The van der Waals surface area contributed by atoms with E-state index in [1.807, 2.05) is 0 Å². The van der Waals surface area contributed by atoms with Crippen LogP contribution in [-0.2, 0) is 13.8 Å². The molecule has 1 atom stereocenters. The molecule has 1 radical (unpaired) electrons. The molecule has 5 heteroatoms. The minimum absolute atomic E-state index is 0.360. The summed E-state index contributed by atoms with van der Waals surface area (Å²) in [4.78, 5) is 0. The molecule has 0 spiro atoms. The van der Waals surface area contributed by atoms with E-state index < -0.39 is 8.25 Å². The Hall–Kier alpha value is -0.0500. The molecule has 3 nitrogen and oxygen atoms in total. The Kier molecular flexibility index (Phi) is 4.66. The average Bonchev–Trinajstić information content (AvgIpc) is 2.16. The standard InChI is InChI=1S/C7H13FO3P/c8-11-12(9)10-6-7-4-2-1-3-5-7/h7H,1-6H2. The van der Waals surface area contributed by atoms with Gasteiger partial charge in [0.1, 0.15) is 0 Å². The molecule has 0 heterocycles. The van der Waals surface area contributed by atoms with Gasteiger partial charge in [-0.25, -0.2) is 4.57 Å². The molecule has 0 N–H and O–H groups in total. The van der Waals surface area contributed by atoms with Gasteiger partial charge in [-0.15, -0.1) is 0 Å². The molecule has 1 saturated carbocycles. The van der Waals surface area contributed by atoms with Gasteiger partial charge in [0.25, 0.3) is 0 Å². The Morgan fingerprint density at radius 1 is 1.33 bits per heavy atom. The van der Waals surface area contributed by atoms with E-state index in [9.17, 15) is 9.09 Å². The number of hydrogen-bond donors (Lipinski definition) is 0. The third-order valence-electron chi connectivity index (χ3n) is 2.20. The first-order valence-electron chi connectivity index (χ1n) is 4.22. The van der Waals surface area contributed by atoms with Crippen molar-refractivity contribution in [1.29, 1.82) is 0 Å². The first-order valence-corrected chi connectivity index (χ1v) is 5.31. The Labute approximate surface area is 72.1 Å². The van der Waals surface area contributed by atoms with Gasteiger partial charge in [-0.05, 0) is 23.3 Å². The lowest BCUT2D eigenvalue weighted by Crippen LogP contribution is -2.11. The summed E-state index contributed by atoms with van der Waals surface area (Å²) < 4.78 is 29.3. The van der Waals surface area contributed by atoms with Gasteiger partial charge in [0.15, 0.2) is 0 Å². The van der Waals surface area contributed by atoms with Crippen molar-refractivity contribution in [1.82, 2.24) is 0 Å². The first kappa shape index (κ1) is 10.0.